The van der Waals surface area contributed by atoms with Gasteiger partial charge in [-0.1, -0.05) is 20.8 Å². The number of aromatic nitrogens is 2. The molecule has 1 saturated carbocycles. The van der Waals surface area contributed by atoms with E-state index in [0.29, 0.717) is 18.9 Å². The molecule has 2 fully saturated rings. The van der Waals surface area contributed by atoms with Crippen LogP contribution in [0.1, 0.15) is 52.3 Å². The lowest BCUT2D eigenvalue weighted by molar-refractivity contribution is -0.179. The molecule has 132 valence electrons. The number of hydrogen-bond acceptors (Lipinski definition) is 5. The Kier molecular flexibility index (Phi) is 4.73. The lowest BCUT2D eigenvalue weighted by atomic mass is 9.90. The Bertz CT molecular complexity index is 566. The minimum Gasteiger partial charge on any atom is -0.348 e. The molecule has 7 heteroatoms. The normalized spacial score (nSPS) is 21.0. The third kappa shape index (κ3) is 4.02. The Labute approximate surface area is 142 Å². The number of anilines is 1. The molecule has 0 bridgehead atoms. The van der Waals surface area contributed by atoms with Crippen LogP contribution < -0.4 is 10.6 Å². The van der Waals surface area contributed by atoms with Gasteiger partial charge in [-0.2, -0.15) is 0 Å². The summed E-state index contributed by atoms with van der Waals surface area (Å²) < 4.78 is 11.4. The summed E-state index contributed by atoms with van der Waals surface area (Å²) in [7, 11) is 0. The number of hydrogen-bond donors (Lipinski definition) is 2. The van der Waals surface area contributed by atoms with Gasteiger partial charge in [0.1, 0.15) is 5.82 Å². The highest BCUT2D eigenvalue weighted by molar-refractivity contribution is 5.89. The number of ether oxygens (including phenoxy) is 2. The summed E-state index contributed by atoms with van der Waals surface area (Å²) in [6.07, 6.45) is 6.63. The Balaban J connectivity index is 1.47. The van der Waals surface area contributed by atoms with E-state index in [4.69, 9.17) is 9.47 Å². The maximum Gasteiger partial charge on any atom is 0.319 e. The first-order valence-corrected chi connectivity index (χ1v) is 8.54. The predicted octanol–water partition coefficient (Wildman–Crippen LogP) is 2.58. The first kappa shape index (κ1) is 17.1. The molecule has 1 aromatic heterocycles. The van der Waals surface area contributed by atoms with Gasteiger partial charge in [0.15, 0.2) is 5.79 Å². The van der Waals surface area contributed by atoms with E-state index in [1.807, 2.05) is 0 Å². The monoisotopic (exact) mass is 334 g/mol. The van der Waals surface area contributed by atoms with E-state index in [0.717, 1.165) is 31.5 Å². The summed E-state index contributed by atoms with van der Waals surface area (Å²) in [4.78, 5) is 20.8. The van der Waals surface area contributed by atoms with E-state index >= 15 is 0 Å². The van der Waals surface area contributed by atoms with Crippen LogP contribution in [0.3, 0.4) is 0 Å². The number of urea groups is 1. The van der Waals surface area contributed by atoms with E-state index in [2.05, 4.69) is 41.4 Å². The van der Waals surface area contributed by atoms with Gasteiger partial charge in [-0.05, 0) is 12.8 Å². The minimum atomic E-state index is -0.398. The molecule has 0 radical (unpaired) electrons. The Morgan fingerprint density at radius 1 is 1.17 bits per heavy atom. The first-order chi connectivity index (χ1) is 11.4. The van der Waals surface area contributed by atoms with E-state index < -0.39 is 5.79 Å². The van der Waals surface area contributed by atoms with Crippen molar-refractivity contribution in [3.63, 3.8) is 0 Å². The van der Waals surface area contributed by atoms with Crippen molar-refractivity contribution in [2.24, 2.45) is 0 Å². The summed E-state index contributed by atoms with van der Waals surface area (Å²) in [5.74, 6) is 0.355. The standard InChI is InChI=1S/C17H26N4O3/c1-16(2,3)14-18-10-13(11-19-14)21-15(22)20-12-4-6-17(7-5-12)23-8-9-24-17/h10-12H,4-9H2,1-3H3,(H2,20,21,22). The second-order valence-electron chi connectivity index (χ2n) is 7.53. The van der Waals surface area contributed by atoms with Crippen molar-refractivity contribution >= 4 is 11.7 Å². The van der Waals surface area contributed by atoms with Crippen LogP contribution in [-0.4, -0.2) is 41.0 Å². The van der Waals surface area contributed by atoms with Crippen molar-refractivity contribution in [2.75, 3.05) is 18.5 Å². The van der Waals surface area contributed by atoms with E-state index in [1.165, 1.54) is 0 Å². The molecule has 0 unspecified atom stereocenters. The van der Waals surface area contributed by atoms with Crippen molar-refractivity contribution in [1.82, 2.24) is 15.3 Å². The van der Waals surface area contributed by atoms with Crippen LogP contribution in [0.25, 0.3) is 0 Å². The van der Waals surface area contributed by atoms with Gasteiger partial charge in [0.2, 0.25) is 0 Å². The van der Waals surface area contributed by atoms with Gasteiger partial charge in [0.05, 0.1) is 31.3 Å². The van der Waals surface area contributed by atoms with E-state index in [-0.39, 0.29) is 17.5 Å². The summed E-state index contributed by atoms with van der Waals surface area (Å²) in [5.41, 5.74) is 0.485. The molecular formula is C17H26N4O3. The lowest BCUT2D eigenvalue weighted by Gasteiger charge is -2.35. The molecular weight excluding hydrogens is 308 g/mol. The average molecular weight is 334 g/mol. The van der Waals surface area contributed by atoms with Gasteiger partial charge in [-0.15, -0.1) is 0 Å². The second kappa shape index (κ2) is 6.64. The van der Waals surface area contributed by atoms with Crippen LogP contribution >= 0.6 is 0 Å². The van der Waals surface area contributed by atoms with Crippen molar-refractivity contribution < 1.29 is 14.3 Å². The highest BCUT2D eigenvalue weighted by atomic mass is 16.7. The molecule has 2 aliphatic rings. The summed E-state index contributed by atoms with van der Waals surface area (Å²) >= 11 is 0. The zero-order valence-electron chi connectivity index (χ0n) is 14.6. The Hall–Kier alpha value is -1.73. The fraction of sp³-hybridized carbons (Fsp3) is 0.706. The molecule has 0 atom stereocenters. The van der Waals surface area contributed by atoms with Gasteiger partial charge >= 0.3 is 6.03 Å². The summed E-state index contributed by atoms with van der Waals surface area (Å²) in [6.45, 7) is 7.49. The van der Waals surface area contributed by atoms with Crippen molar-refractivity contribution in [3.05, 3.63) is 18.2 Å². The molecule has 1 aromatic rings. The van der Waals surface area contributed by atoms with Gasteiger partial charge in [-0.25, -0.2) is 14.8 Å². The maximum atomic E-state index is 12.1. The predicted molar refractivity (Wildman–Crippen MR) is 89.8 cm³/mol. The van der Waals surface area contributed by atoms with Crippen LogP contribution in [0.2, 0.25) is 0 Å². The Morgan fingerprint density at radius 3 is 2.29 bits per heavy atom. The van der Waals surface area contributed by atoms with Gasteiger partial charge in [-0.3, -0.25) is 0 Å². The number of amides is 2. The first-order valence-electron chi connectivity index (χ1n) is 8.54. The van der Waals surface area contributed by atoms with Crippen molar-refractivity contribution in [1.29, 1.82) is 0 Å². The highest BCUT2D eigenvalue weighted by Gasteiger charge is 2.40. The van der Waals surface area contributed by atoms with Crippen LogP contribution in [-0.2, 0) is 14.9 Å². The van der Waals surface area contributed by atoms with Crippen LogP contribution in [0.15, 0.2) is 12.4 Å². The molecule has 1 saturated heterocycles. The molecule has 2 N–H and O–H groups in total. The smallest absolute Gasteiger partial charge is 0.319 e. The molecule has 2 amide bonds. The van der Waals surface area contributed by atoms with Gasteiger partial charge in [0.25, 0.3) is 0 Å². The number of carbonyl (C=O) groups is 1. The van der Waals surface area contributed by atoms with Crippen LogP contribution in [0.5, 0.6) is 0 Å². The minimum absolute atomic E-state index is 0.108. The van der Waals surface area contributed by atoms with Crippen LogP contribution in [0, 0.1) is 0 Å². The van der Waals surface area contributed by atoms with Gasteiger partial charge in [0, 0.05) is 24.3 Å². The number of rotatable bonds is 2. The highest BCUT2D eigenvalue weighted by Crippen LogP contribution is 2.35. The molecule has 7 nitrogen and oxygen atoms in total. The third-order valence-electron chi connectivity index (χ3n) is 4.48. The maximum absolute atomic E-state index is 12.1. The van der Waals surface area contributed by atoms with E-state index in [9.17, 15) is 4.79 Å². The SMILES string of the molecule is CC(C)(C)c1ncc(NC(=O)NC2CCC3(CC2)OCCO3)cn1. The summed E-state index contributed by atoms with van der Waals surface area (Å²) in [6, 6.07) is -0.0884. The fourth-order valence-electron chi connectivity index (χ4n) is 3.12. The van der Waals surface area contributed by atoms with E-state index in [1.54, 1.807) is 12.4 Å². The molecule has 1 aliphatic heterocycles. The lowest BCUT2D eigenvalue weighted by Crippen LogP contribution is -2.45. The quantitative estimate of drug-likeness (QED) is 0.868. The van der Waals surface area contributed by atoms with Crippen LogP contribution in [0.4, 0.5) is 10.5 Å². The third-order valence-corrected chi connectivity index (χ3v) is 4.48. The number of nitrogens with one attached hydrogen (secondary N) is 2. The largest absolute Gasteiger partial charge is 0.348 e. The molecule has 1 spiro atoms. The van der Waals surface area contributed by atoms with Crippen molar-refractivity contribution in [2.45, 2.75) is 63.7 Å². The fourth-order valence-corrected chi connectivity index (χ4v) is 3.12. The molecule has 3 rings (SSSR count). The van der Waals surface area contributed by atoms with Gasteiger partial charge < -0.3 is 20.1 Å². The molecule has 24 heavy (non-hydrogen) atoms. The zero-order valence-corrected chi connectivity index (χ0v) is 14.6. The molecule has 2 heterocycles. The average Bonchev–Trinajstić information content (AvgIpc) is 2.98. The topological polar surface area (TPSA) is 85.4 Å². The number of nitrogens with zero attached hydrogens (tertiary/aromatic N) is 2. The Morgan fingerprint density at radius 2 is 1.75 bits per heavy atom. The molecule has 1 aliphatic carbocycles. The summed E-state index contributed by atoms with van der Waals surface area (Å²) in [5, 5.41) is 5.79. The van der Waals surface area contributed by atoms with Crippen molar-refractivity contribution in [3.8, 4) is 0 Å². The molecule has 0 aromatic carbocycles. The zero-order chi connectivity index (χ0) is 17.2. The number of carbonyl (C=O) groups excluding carboxylic acids is 1. The second-order valence-corrected chi connectivity index (χ2v) is 7.53.